The molecule has 3 N–H and O–H groups in total. The van der Waals surface area contributed by atoms with E-state index in [0.29, 0.717) is 5.82 Å². The van der Waals surface area contributed by atoms with Crippen LogP contribution in [0.2, 0.25) is 0 Å². The number of nitrogens with zero attached hydrogens (tertiary/aromatic N) is 3. The Kier molecular flexibility index (Phi) is 4.31. The Balaban J connectivity index is 1.75. The maximum Gasteiger partial charge on any atom is 0.145 e. The Bertz CT molecular complexity index is 611. The zero-order valence-corrected chi connectivity index (χ0v) is 12.5. The predicted octanol–water partition coefficient (Wildman–Crippen LogP) is 1.64. The number of nitrogen functional groups attached to an aromatic ring is 1. The SMILES string of the molecule is CNCC1CCCN(Cc2nc(N)c3ccccc3n2)C1. The molecule has 0 amide bonds. The van der Waals surface area contributed by atoms with E-state index >= 15 is 0 Å². The van der Waals surface area contributed by atoms with Crippen molar-refractivity contribution in [3.8, 4) is 0 Å². The fourth-order valence-electron chi connectivity index (χ4n) is 3.17. The van der Waals surface area contributed by atoms with Crippen LogP contribution < -0.4 is 11.1 Å². The molecule has 1 aromatic heterocycles. The van der Waals surface area contributed by atoms with E-state index in [1.54, 1.807) is 0 Å². The van der Waals surface area contributed by atoms with Gasteiger partial charge in [-0.1, -0.05) is 12.1 Å². The minimum absolute atomic E-state index is 0.583. The van der Waals surface area contributed by atoms with E-state index in [4.69, 9.17) is 5.73 Å². The molecule has 2 aromatic rings. The highest BCUT2D eigenvalue weighted by Crippen LogP contribution is 2.20. The van der Waals surface area contributed by atoms with Crippen LogP contribution in [0.4, 0.5) is 5.82 Å². The summed E-state index contributed by atoms with van der Waals surface area (Å²) in [6.07, 6.45) is 2.55. The molecular weight excluding hydrogens is 262 g/mol. The minimum Gasteiger partial charge on any atom is -0.383 e. The van der Waals surface area contributed by atoms with Crippen molar-refractivity contribution < 1.29 is 0 Å². The van der Waals surface area contributed by atoms with E-state index in [-0.39, 0.29) is 0 Å². The second-order valence-electron chi connectivity index (χ2n) is 5.84. The zero-order chi connectivity index (χ0) is 14.7. The highest BCUT2D eigenvalue weighted by atomic mass is 15.2. The third kappa shape index (κ3) is 3.31. The van der Waals surface area contributed by atoms with Crippen molar-refractivity contribution in [3.05, 3.63) is 30.1 Å². The van der Waals surface area contributed by atoms with Gasteiger partial charge in [0.1, 0.15) is 11.6 Å². The predicted molar refractivity (Wildman–Crippen MR) is 85.9 cm³/mol. The number of nitrogens with one attached hydrogen (secondary N) is 1. The van der Waals surface area contributed by atoms with Gasteiger partial charge in [0.15, 0.2) is 0 Å². The lowest BCUT2D eigenvalue weighted by Gasteiger charge is -2.32. The molecule has 5 nitrogen and oxygen atoms in total. The maximum absolute atomic E-state index is 6.06. The fraction of sp³-hybridized carbons (Fsp3) is 0.500. The van der Waals surface area contributed by atoms with Gasteiger partial charge in [0.05, 0.1) is 12.1 Å². The number of nitrogens with two attached hydrogens (primary N) is 1. The van der Waals surface area contributed by atoms with E-state index in [1.807, 2.05) is 31.3 Å². The number of fused-ring (bicyclic) bond motifs is 1. The number of piperidine rings is 1. The highest BCUT2D eigenvalue weighted by molar-refractivity contribution is 5.87. The molecular formula is C16H23N5. The van der Waals surface area contributed by atoms with Gasteiger partial charge in [-0.15, -0.1) is 0 Å². The lowest BCUT2D eigenvalue weighted by Crippen LogP contribution is -2.38. The number of rotatable bonds is 4. The molecule has 112 valence electrons. The summed E-state index contributed by atoms with van der Waals surface area (Å²) in [5.41, 5.74) is 6.99. The van der Waals surface area contributed by atoms with Gasteiger partial charge in [-0.05, 0) is 51.0 Å². The van der Waals surface area contributed by atoms with Gasteiger partial charge in [-0.2, -0.15) is 0 Å². The molecule has 5 heteroatoms. The Labute approximate surface area is 125 Å². The van der Waals surface area contributed by atoms with Crippen molar-refractivity contribution in [2.75, 3.05) is 32.4 Å². The largest absolute Gasteiger partial charge is 0.383 e. The van der Waals surface area contributed by atoms with Crippen molar-refractivity contribution in [1.82, 2.24) is 20.2 Å². The number of benzene rings is 1. The normalized spacial score (nSPS) is 20.0. The number of hydrogen-bond donors (Lipinski definition) is 2. The standard InChI is InChI=1S/C16H23N5/c1-18-9-12-5-4-8-21(10-12)11-15-19-14-7-3-2-6-13(14)16(17)20-15/h2-3,6-7,12,18H,4-5,8-11H2,1H3,(H2,17,19,20). The van der Waals surface area contributed by atoms with Crippen LogP contribution in [0.5, 0.6) is 0 Å². The third-order valence-corrected chi connectivity index (χ3v) is 4.14. The molecule has 21 heavy (non-hydrogen) atoms. The van der Waals surface area contributed by atoms with Crippen LogP contribution in [0.25, 0.3) is 10.9 Å². The summed E-state index contributed by atoms with van der Waals surface area (Å²) in [5.74, 6) is 2.14. The molecule has 0 aliphatic carbocycles. The van der Waals surface area contributed by atoms with Gasteiger partial charge in [0.25, 0.3) is 0 Å². The average molecular weight is 285 g/mol. The quantitative estimate of drug-likeness (QED) is 0.894. The van der Waals surface area contributed by atoms with Crippen molar-refractivity contribution in [1.29, 1.82) is 0 Å². The van der Waals surface area contributed by atoms with Crippen LogP contribution in [-0.4, -0.2) is 41.5 Å². The lowest BCUT2D eigenvalue weighted by atomic mass is 9.98. The highest BCUT2D eigenvalue weighted by Gasteiger charge is 2.20. The van der Waals surface area contributed by atoms with E-state index in [9.17, 15) is 0 Å². The Hall–Kier alpha value is -1.72. The second kappa shape index (κ2) is 6.37. The molecule has 1 saturated heterocycles. The monoisotopic (exact) mass is 285 g/mol. The first-order valence-corrected chi connectivity index (χ1v) is 7.64. The molecule has 1 unspecified atom stereocenters. The van der Waals surface area contributed by atoms with Crippen LogP contribution in [0.1, 0.15) is 18.7 Å². The van der Waals surface area contributed by atoms with Crippen LogP contribution in [-0.2, 0) is 6.54 Å². The summed E-state index contributed by atoms with van der Waals surface area (Å²) in [4.78, 5) is 11.6. The second-order valence-corrected chi connectivity index (χ2v) is 5.84. The number of hydrogen-bond acceptors (Lipinski definition) is 5. The first-order valence-electron chi connectivity index (χ1n) is 7.64. The van der Waals surface area contributed by atoms with Crippen LogP contribution in [0.15, 0.2) is 24.3 Å². The van der Waals surface area contributed by atoms with Crippen molar-refractivity contribution in [2.24, 2.45) is 5.92 Å². The molecule has 0 radical (unpaired) electrons. The Morgan fingerprint density at radius 1 is 1.33 bits per heavy atom. The third-order valence-electron chi connectivity index (χ3n) is 4.14. The number of anilines is 1. The van der Waals surface area contributed by atoms with E-state index in [0.717, 1.165) is 48.8 Å². The molecule has 1 fully saturated rings. The minimum atomic E-state index is 0.583. The average Bonchev–Trinajstić information content (AvgIpc) is 2.48. The van der Waals surface area contributed by atoms with Crippen molar-refractivity contribution >= 4 is 16.7 Å². The molecule has 3 rings (SSSR count). The fourth-order valence-corrected chi connectivity index (χ4v) is 3.17. The molecule has 1 aliphatic rings. The van der Waals surface area contributed by atoms with Gasteiger partial charge in [-0.25, -0.2) is 9.97 Å². The van der Waals surface area contributed by atoms with E-state index in [2.05, 4.69) is 20.2 Å². The zero-order valence-electron chi connectivity index (χ0n) is 12.5. The maximum atomic E-state index is 6.06. The summed E-state index contributed by atoms with van der Waals surface area (Å²) in [5, 5.41) is 4.22. The van der Waals surface area contributed by atoms with E-state index < -0.39 is 0 Å². The molecule has 1 aromatic carbocycles. The lowest BCUT2D eigenvalue weighted by molar-refractivity contribution is 0.163. The van der Waals surface area contributed by atoms with Gasteiger partial charge < -0.3 is 11.1 Å². The van der Waals surface area contributed by atoms with Crippen molar-refractivity contribution in [2.45, 2.75) is 19.4 Å². The Morgan fingerprint density at radius 3 is 3.05 bits per heavy atom. The number of aromatic nitrogens is 2. The van der Waals surface area contributed by atoms with Gasteiger partial charge in [-0.3, -0.25) is 4.90 Å². The molecule has 0 spiro atoms. The van der Waals surface area contributed by atoms with Gasteiger partial charge in [0, 0.05) is 11.9 Å². The summed E-state index contributed by atoms with van der Waals surface area (Å²) in [6, 6.07) is 7.92. The van der Waals surface area contributed by atoms with Gasteiger partial charge in [0.2, 0.25) is 0 Å². The first kappa shape index (κ1) is 14.2. The van der Waals surface area contributed by atoms with Crippen LogP contribution in [0, 0.1) is 5.92 Å². The summed E-state index contributed by atoms with van der Waals surface area (Å²) < 4.78 is 0. The summed E-state index contributed by atoms with van der Waals surface area (Å²) >= 11 is 0. The smallest absolute Gasteiger partial charge is 0.145 e. The summed E-state index contributed by atoms with van der Waals surface area (Å²) in [7, 11) is 2.02. The number of likely N-dealkylation sites (tertiary alicyclic amines) is 1. The molecule has 1 atom stereocenters. The number of para-hydroxylation sites is 1. The summed E-state index contributed by atoms with van der Waals surface area (Å²) in [6.45, 7) is 4.10. The van der Waals surface area contributed by atoms with Crippen molar-refractivity contribution in [3.63, 3.8) is 0 Å². The molecule has 2 heterocycles. The first-order chi connectivity index (χ1) is 10.3. The molecule has 0 bridgehead atoms. The molecule has 1 aliphatic heterocycles. The van der Waals surface area contributed by atoms with Gasteiger partial charge >= 0.3 is 0 Å². The van der Waals surface area contributed by atoms with Crippen LogP contribution >= 0.6 is 0 Å². The Morgan fingerprint density at radius 2 is 2.19 bits per heavy atom. The van der Waals surface area contributed by atoms with E-state index in [1.165, 1.54) is 12.8 Å². The molecule has 0 saturated carbocycles. The van der Waals surface area contributed by atoms with Crippen LogP contribution in [0.3, 0.4) is 0 Å². The topological polar surface area (TPSA) is 67.1 Å².